The molecule has 4 atom stereocenters. The number of piperidine rings is 1. The minimum Gasteiger partial charge on any atom is -0.481 e. The van der Waals surface area contributed by atoms with Gasteiger partial charge in [-0.15, -0.1) is 5.10 Å². The largest absolute Gasteiger partial charge is 0.481 e. The maximum atomic E-state index is 13.4. The first-order valence-corrected chi connectivity index (χ1v) is 13.0. The number of fused-ring (bicyclic) bond motifs is 3. The van der Waals surface area contributed by atoms with Crippen LogP contribution >= 0.6 is 0 Å². The number of halogens is 3. The number of hydrogen-bond acceptors (Lipinski definition) is 6. The van der Waals surface area contributed by atoms with Crippen molar-refractivity contribution in [1.29, 1.82) is 0 Å². The predicted octanol–water partition coefficient (Wildman–Crippen LogP) is 5.34. The zero-order valence-corrected chi connectivity index (χ0v) is 20.8. The Morgan fingerprint density at radius 2 is 1.84 bits per heavy atom. The van der Waals surface area contributed by atoms with E-state index in [1.165, 1.54) is 12.1 Å². The van der Waals surface area contributed by atoms with Gasteiger partial charge in [-0.1, -0.05) is 24.6 Å². The Bertz CT molecular complexity index is 1250. The predicted molar refractivity (Wildman–Crippen MR) is 134 cm³/mol. The smallest absolute Gasteiger partial charge is 0.416 e. The Morgan fingerprint density at radius 3 is 2.59 bits per heavy atom. The quantitative estimate of drug-likeness (QED) is 0.498. The van der Waals surface area contributed by atoms with Crippen molar-refractivity contribution < 1.29 is 17.9 Å². The molecule has 2 fully saturated rings. The Morgan fingerprint density at radius 1 is 1.03 bits per heavy atom. The van der Waals surface area contributed by atoms with E-state index in [-0.39, 0.29) is 12.0 Å². The number of alkyl halides is 3. The molecule has 1 aliphatic carbocycles. The minimum atomic E-state index is -4.36. The lowest BCUT2D eigenvalue weighted by atomic mass is 9.91. The van der Waals surface area contributed by atoms with E-state index in [4.69, 9.17) is 14.8 Å². The van der Waals surface area contributed by atoms with E-state index in [2.05, 4.69) is 15.2 Å². The number of ether oxygens (including phenoxy) is 1. The van der Waals surface area contributed by atoms with Crippen molar-refractivity contribution in [3.8, 4) is 5.88 Å². The van der Waals surface area contributed by atoms with Crippen molar-refractivity contribution in [3.63, 3.8) is 0 Å². The molecule has 2 aliphatic heterocycles. The summed E-state index contributed by atoms with van der Waals surface area (Å²) in [7, 11) is 1.63. The molecule has 6 rings (SSSR count). The van der Waals surface area contributed by atoms with Gasteiger partial charge < -0.3 is 15.0 Å². The van der Waals surface area contributed by atoms with Gasteiger partial charge in [0.15, 0.2) is 0 Å². The number of aryl methyl sites for hydroxylation is 1. The first kappa shape index (κ1) is 24.1. The topological polar surface area (TPSA) is 68.1 Å². The molecule has 1 N–H and O–H groups in total. The third-order valence-electron chi connectivity index (χ3n) is 8.16. The molecule has 10 heteroatoms. The molecule has 7 nitrogen and oxygen atoms in total. The second-order valence-corrected chi connectivity index (χ2v) is 10.4. The molecule has 3 aromatic rings. The highest BCUT2D eigenvalue weighted by Crippen LogP contribution is 2.41. The van der Waals surface area contributed by atoms with Gasteiger partial charge in [0.25, 0.3) is 0 Å². The zero-order chi connectivity index (χ0) is 25.6. The van der Waals surface area contributed by atoms with Gasteiger partial charge in [-0.3, -0.25) is 0 Å². The number of anilines is 2. The second kappa shape index (κ2) is 9.54. The van der Waals surface area contributed by atoms with Crippen molar-refractivity contribution >= 4 is 11.6 Å². The summed E-state index contributed by atoms with van der Waals surface area (Å²) in [6.45, 7) is 2.60. The van der Waals surface area contributed by atoms with Crippen LogP contribution < -0.4 is 15.0 Å². The van der Waals surface area contributed by atoms with E-state index >= 15 is 0 Å². The van der Waals surface area contributed by atoms with Crippen LogP contribution in [0.25, 0.3) is 0 Å². The average molecular weight is 513 g/mol. The lowest BCUT2D eigenvalue weighted by Gasteiger charge is -2.39. The maximum Gasteiger partial charge on any atom is 0.416 e. The summed E-state index contributed by atoms with van der Waals surface area (Å²) >= 11 is 0. The summed E-state index contributed by atoms with van der Waals surface area (Å²) in [5, 5.41) is 8.42. The fraction of sp³-hybridized carbons (Fsp3) is 0.519. The third kappa shape index (κ3) is 4.73. The van der Waals surface area contributed by atoms with Crippen LogP contribution in [0.2, 0.25) is 0 Å². The third-order valence-corrected chi connectivity index (χ3v) is 8.16. The summed E-state index contributed by atoms with van der Waals surface area (Å²) in [6, 6.07) is 9.95. The van der Waals surface area contributed by atoms with Crippen LogP contribution in [0.15, 0.2) is 42.6 Å². The normalized spacial score (nSPS) is 25.5. The molecule has 3 aliphatic rings. The van der Waals surface area contributed by atoms with Crippen LogP contribution in [0.5, 0.6) is 5.88 Å². The summed E-state index contributed by atoms with van der Waals surface area (Å²) in [6.07, 6.45) is 2.32. The Hall–Kier alpha value is -3.30. The van der Waals surface area contributed by atoms with Crippen LogP contribution in [0.1, 0.15) is 55.0 Å². The zero-order valence-electron chi connectivity index (χ0n) is 20.8. The summed E-state index contributed by atoms with van der Waals surface area (Å²) in [5.41, 5.74) is 1.16. The summed E-state index contributed by atoms with van der Waals surface area (Å²) < 4.78 is 47.3. The number of hydrogen-bond donors (Lipinski definition) is 1. The van der Waals surface area contributed by atoms with E-state index in [9.17, 15) is 13.2 Å². The van der Waals surface area contributed by atoms with E-state index in [1.54, 1.807) is 19.4 Å². The fourth-order valence-electron chi connectivity index (χ4n) is 6.35. The Kier molecular flexibility index (Phi) is 6.20. The van der Waals surface area contributed by atoms with Gasteiger partial charge in [0, 0.05) is 49.5 Å². The van der Waals surface area contributed by atoms with E-state index < -0.39 is 11.7 Å². The number of methoxy groups -OCH3 is 1. The molecule has 1 aromatic carbocycles. The molecular weight excluding hydrogens is 481 g/mol. The van der Waals surface area contributed by atoms with Crippen LogP contribution in [0.3, 0.4) is 0 Å². The first-order chi connectivity index (χ1) is 17.9. The van der Waals surface area contributed by atoms with E-state index in [1.807, 2.05) is 16.8 Å². The van der Waals surface area contributed by atoms with Crippen LogP contribution in [-0.2, 0) is 12.7 Å². The van der Waals surface area contributed by atoms with Crippen molar-refractivity contribution in [2.75, 3.05) is 30.4 Å². The molecular formula is C27H31F3N6O. The molecule has 196 valence electrons. The SMILES string of the molecule is COc1cc(N2C[C@H]3CC[C@@H](C2)C3Nc2nc3n(n2)CCCC[C@@H]3c2cccc(C(F)(F)F)c2)ccn1. The van der Waals surface area contributed by atoms with Gasteiger partial charge in [0.05, 0.1) is 12.7 Å². The molecule has 0 radical (unpaired) electrons. The number of nitrogens with zero attached hydrogens (tertiary/aromatic N) is 5. The van der Waals surface area contributed by atoms with Gasteiger partial charge in [-0.05, 0) is 55.2 Å². The lowest BCUT2D eigenvalue weighted by Crippen LogP contribution is -2.48. The minimum absolute atomic E-state index is 0.201. The molecule has 1 unspecified atom stereocenters. The average Bonchev–Trinajstić information content (AvgIpc) is 3.30. The monoisotopic (exact) mass is 512 g/mol. The van der Waals surface area contributed by atoms with Crippen molar-refractivity contribution in [1.82, 2.24) is 19.7 Å². The molecule has 1 saturated heterocycles. The van der Waals surface area contributed by atoms with Gasteiger partial charge in [0.2, 0.25) is 11.8 Å². The van der Waals surface area contributed by atoms with Gasteiger partial charge in [-0.25, -0.2) is 9.67 Å². The molecule has 1 saturated carbocycles. The van der Waals surface area contributed by atoms with E-state index in [0.717, 1.165) is 69.3 Å². The van der Waals surface area contributed by atoms with Gasteiger partial charge in [0.1, 0.15) is 5.82 Å². The Balaban J connectivity index is 1.21. The van der Waals surface area contributed by atoms with Crippen LogP contribution in [0, 0.1) is 11.8 Å². The summed E-state index contributed by atoms with van der Waals surface area (Å²) in [5.74, 6) is 2.68. The molecule has 4 heterocycles. The number of rotatable bonds is 5. The molecule has 2 bridgehead atoms. The molecule has 0 spiro atoms. The van der Waals surface area contributed by atoms with Crippen molar-refractivity contribution in [3.05, 3.63) is 59.5 Å². The van der Waals surface area contributed by atoms with Gasteiger partial charge in [-0.2, -0.15) is 18.2 Å². The summed E-state index contributed by atoms with van der Waals surface area (Å²) in [4.78, 5) is 11.5. The van der Waals surface area contributed by atoms with Crippen molar-refractivity contribution in [2.45, 2.75) is 56.8 Å². The van der Waals surface area contributed by atoms with E-state index in [0.29, 0.717) is 29.2 Å². The highest BCUT2D eigenvalue weighted by Gasteiger charge is 2.43. The highest BCUT2D eigenvalue weighted by atomic mass is 19.4. The number of pyridine rings is 1. The van der Waals surface area contributed by atoms with Gasteiger partial charge >= 0.3 is 6.18 Å². The lowest BCUT2D eigenvalue weighted by molar-refractivity contribution is -0.137. The van der Waals surface area contributed by atoms with Crippen LogP contribution in [0.4, 0.5) is 24.8 Å². The number of aromatic nitrogens is 4. The molecule has 0 amide bonds. The standard InChI is InChI=1S/C27H31F3N6O/c1-37-23-14-21(10-11-31-23)35-15-18-8-9-19(16-35)24(18)32-26-33-25-22(7-2-3-12-36(25)34-26)17-5-4-6-20(13-17)27(28,29)30/h4-6,10-11,13-14,18-19,22,24H,2-3,7-9,12,15-16H2,1H3,(H,32,34)/t18-,19+,22-,24?/m1/s1. The fourth-order valence-corrected chi connectivity index (χ4v) is 6.35. The Labute approximate surface area is 214 Å². The second-order valence-electron chi connectivity index (χ2n) is 10.4. The highest BCUT2D eigenvalue weighted by molar-refractivity contribution is 5.49. The van der Waals surface area contributed by atoms with Crippen LogP contribution in [-0.4, -0.2) is 46.0 Å². The number of benzene rings is 1. The maximum absolute atomic E-state index is 13.4. The number of nitrogens with one attached hydrogen (secondary N) is 1. The molecule has 37 heavy (non-hydrogen) atoms. The van der Waals surface area contributed by atoms with Crippen molar-refractivity contribution in [2.24, 2.45) is 11.8 Å². The first-order valence-electron chi connectivity index (χ1n) is 13.0. The molecule has 2 aromatic heterocycles.